The van der Waals surface area contributed by atoms with Gasteiger partial charge < -0.3 is 16.0 Å². The van der Waals surface area contributed by atoms with Gasteiger partial charge in [0.05, 0.1) is 0 Å². The lowest BCUT2D eigenvalue weighted by Gasteiger charge is -2.43. The maximum atomic E-state index is 12.8. The molecule has 3 fully saturated rings. The number of carbonyl (C=O) groups excluding carboxylic acids is 2. The van der Waals surface area contributed by atoms with Crippen LogP contribution in [0, 0.1) is 17.8 Å². The molecule has 1 aromatic carbocycles. The number of rotatable bonds is 3. The highest BCUT2D eigenvalue weighted by molar-refractivity contribution is 7.99. The summed E-state index contributed by atoms with van der Waals surface area (Å²) < 4.78 is 0. The number of nitrogens with one attached hydrogen (secondary N) is 1. The predicted molar refractivity (Wildman–Crippen MR) is 110 cm³/mol. The molecule has 146 valence electrons. The molecule has 1 saturated heterocycles. The number of hydrogen-bond acceptors (Lipinski definition) is 4. The first-order valence-electron chi connectivity index (χ1n) is 10.2. The highest BCUT2D eigenvalue weighted by Crippen LogP contribution is 2.42. The van der Waals surface area contributed by atoms with Crippen LogP contribution < -0.4 is 11.1 Å². The van der Waals surface area contributed by atoms with Crippen LogP contribution in [0.3, 0.4) is 0 Å². The first-order chi connectivity index (χ1) is 13.1. The summed E-state index contributed by atoms with van der Waals surface area (Å²) in [6.07, 6.45) is 5.34. The minimum atomic E-state index is 0.0403. The van der Waals surface area contributed by atoms with Crippen LogP contribution in [0.2, 0.25) is 0 Å². The van der Waals surface area contributed by atoms with E-state index in [1.807, 2.05) is 40.9 Å². The van der Waals surface area contributed by atoms with Crippen molar-refractivity contribution in [3.05, 3.63) is 29.8 Å². The highest BCUT2D eigenvalue weighted by atomic mass is 32.2. The Morgan fingerprint density at radius 2 is 1.81 bits per heavy atom. The van der Waals surface area contributed by atoms with E-state index >= 15 is 0 Å². The number of nitrogens with zero attached hydrogens (tertiary/aromatic N) is 1. The summed E-state index contributed by atoms with van der Waals surface area (Å²) in [6, 6.07) is 7.65. The molecule has 2 saturated carbocycles. The van der Waals surface area contributed by atoms with Gasteiger partial charge in [-0.15, -0.1) is 0 Å². The summed E-state index contributed by atoms with van der Waals surface area (Å²) in [7, 11) is 0. The highest BCUT2D eigenvalue weighted by Gasteiger charge is 2.40. The van der Waals surface area contributed by atoms with Crippen molar-refractivity contribution in [1.82, 2.24) is 4.90 Å². The number of hydrogen-bond donors (Lipinski definition) is 2. The van der Waals surface area contributed by atoms with Gasteiger partial charge in [-0.05, 0) is 55.7 Å². The average Bonchev–Trinajstić information content (AvgIpc) is 2.68. The second kappa shape index (κ2) is 8.23. The van der Waals surface area contributed by atoms with Crippen molar-refractivity contribution < 1.29 is 9.59 Å². The number of nitrogens with two attached hydrogens (primary N) is 1. The fraction of sp³-hybridized carbons (Fsp3) is 0.619. The summed E-state index contributed by atoms with van der Waals surface area (Å²) in [5.74, 6) is 3.14. The van der Waals surface area contributed by atoms with Gasteiger partial charge in [0.1, 0.15) is 0 Å². The number of carbonyl (C=O) groups is 2. The van der Waals surface area contributed by atoms with E-state index in [-0.39, 0.29) is 23.8 Å². The van der Waals surface area contributed by atoms with Crippen LogP contribution in [-0.4, -0.2) is 47.4 Å². The molecule has 3 aliphatic rings. The van der Waals surface area contributed by atoms with Gasteiger partial charge in [-0.2, -0.15) is 11.8 Å². The van der Waals surface area contributed by atoms with Crippen molar-refractivity contribution in [2.75, 3.05) is 29.9 Å². The molecule has 2 atom stereocenters. The van der Waals surface area contributed by atoms with Gasteiger partial charge in [0.25, 0.3) is 5.91 Å². The summed E-state index contributed by atoms with van der Waals surface area (Å²) in [4.78, 5) is 27.4. The van der Waals surface area contributed by atoms with Crippen LogP contribution in [0.4, 0.5) is 5.69 Å². The standard InChI is InChI=1S/C21H29N3O2S/c22-19-14-3-1-4-15(19)12-17(11-14)20(25)23-18-6-2-5-16(13-18)21(26)24-7-9-27-10-8-24/h2,5-6,13-15,17,19H,1,3-4,7-12,22H2,(H,23,25). The zero-order chi connectivity index (χ0) is 18.8. The summed E-state index contributed by atoms with van der Waals surface area (Å²) >= 11 is 1.89. The second-order valence-corrected chi connectivity index (χ2v) is 9.40. The number of anilines is 1. The largest absolute Gasteiger partial charge is 0.337 e. The van der Waals surface area contributed by atoms with Crippen LogP contribution in [0.25, 0.3) is 0 Å². The third-order valence-electron chi connectivity index (χ3n) is 6.46. The average molecular weight is 388 g/mol. The van der Waals surface area contributed by atoms with Crippen LogP contribution >= 0.6 is 11.8 Å². The fourth-order valence-corrected chi connectivity index (χ4v) is 5.83. The van der Waals surface area contributed by atoms with E-state index in [0.29, 0.717) is 17.4 Å². The Hall–Kier alpha value is -1.53. The molecule has 1 aliphatic heterocycles. The van der Waals surface area contributed by atoms with E-state index in [9.17, 15) is 9.59 Å². The first-order valence-corrected chi connectivity index (χ1v) is 11.3. The Kier molecular flexibility index (Phi) is 5.74. The van der Waals surface area contributed by atoms with E-state index < -0.39 is 0 Å². The molecule has 0 radical (unpaired) electrons. The molecule has 4 rings (SSSR count). The second-order valence-electron chi connectivity index (χ2n) is 8.17. The fourth-order valence-electron chi connectivity index (χ4n) is 4.93. The Morgan fingerprint density at radius 3 is 2.52 bits per heavy atom. The van der Waals surface area contributed by atoms with Crippen LogP contribution in [-0.2, 0) is 4.79 Å². The van der Waals surface area contributed by atoms with Gasteiger partial charge in [0.15, 0.2) is 0 Å². The zero-order valence-corrected chi connectivity index (χ0v) is 16.5. The van der Waals surface area contributed by atoms with E-state index in [0.717, 1.165) is 56.0 Å². The number of thioether (sulfide) groups is 1. The van der Waals surface area contributed by atoms with Crippen molar-refractivity contribution in [2.24, 2.45) is 23.5 Å². The van der Waals surface area contributed by atoms with Crippen molar-refractivity contribution >= 4 is 29.3 Å². The molecule has 1 heterocycles. The summed E-state index contributed by atoms with van der Waals surface area (Å²) in [5.41, 5.74) is 7.72. The molecule has 2 aliphatic carbocycles. The van der Waals surface area contributed by atoms with Crippen molar-refractivity contribution in [3.8, 4) is 0 Å². The third kappa shape index (κ3) is 4.16. The maximum absolute atomic E-state index is 12.8. The topological polar surface area (TPSA) is 75.4 Å². The first kappa shape index (κ1) is 18.8. The van der Waals surface area contributed by atoms with E-state index in [4.69, 9.17) is 5.73 Å². The zero-order valence-electron chi connectivity index (χ0n) is 15.7. The molecular formula is C21H29N3O2S. The van der Waals surface area contributed by atoms with Crippen molar-refractivity contribution in [1.29, 1.82) is 0 Å². The predicted octanol–water partition coefficient (Wildman–Crippen LogP) is 2.97. The SMILES string of the molecule is NC1C2CCCC1CC(C(=O)Nc1cccc(C(=O)N3CCSCC3)c1)C2. The van der Waals surface area contributed by atoms with Gasteiger partial charge >= 0.3 is 0 Å². The monoisotopic (exact) mass is 387 g/mol. The summed E-state index contributed by atoms with van der Waals surface area (Å²) in [5, 5.41) is 3.06. The molecule has 3 N–H and O–H groups in total. The maximum Gasteiger partial charge on any atom is 0.253 e. The lowest BCUT2D eigenvalue weighted by Crippen LogP contribution is -2.48. The molecule has 0 spiro atoms. The molecule has 2 unspecified atom stereocenters. The van der Waals surface area contributed by atoms with Crippen LogP contribution in [0.15, 0.2) is 24.3 Å². The van der Waals surface area contributed by atoms with E-state index in [1.165, 1.54) is 6.42 Å². The number of benzene rings is 1. The Labute approximate surface area is 165 Å². The van der Waals surface area contributed by atoms with Crippen LogP contribution in [0.1, 0.15) is 42.5 Å². The van der Waals surface area contributed by atoms with Gasteiger partial charge in [-0.25, -0.2) is 0 Å². The molecule has 2 bridgehead atoms. The lowest BCUT2D eigenvalue weighted by molar-refractivity contribution is -0.122. The van der Waals surface area contributed by atoms with E-state index in [2.05, 4.69) is 5.32 Å². The molecule has 27 heavy (non-hydrogen) atoms. The third-order valence-corrected chi connectivity index (χ3v) is 7.40. The molecule has 1 aromatic rings. The Morgan fingerprint density at radius 1 is 1.11 bits per heavy atom. The molecule has 5 nitrogen and oxygen atoms in total. The van der Waals surface area contributed by atoms with Gasteiger partial charge in [-0.1, -0.05) is 12.5 Å². The molecular weight excluding hydrogens is 358 g/mol. The number of amides is 2. The van der Waals surface area contributed by atoms with Crippen molar-refractivity contribution in [2.45, 2.75) is 38.1 Å². The Balaban J connectivity index is 1.40. The van der Waals surface area contributed by atoms with E-state index in [1.54, 1.807) is 0 Å². The minimum absolute atomic E-state index is 0.0403. The number of fused-ring (bicyclic) bond motifs is 2. The van der Waals surface area contributed by atoms with Gasteiger partial charge in [0.2, 0.25) is 5.91 Å². The molecule has 6 heteroatoms. The Bertz CT molecular complexity index is 690. The summed E-state index contributed by atoms with van der Waals surface area (Å²) in [6.45, 7) is 1.59. The quantitative estimate of drug-likeness (QED) is 0.836. The molecule has 2 amide bonds. The minimum Gasteiger partial charge on any atom is -0.337 e. The van der Waals surface area contributed by atoms with Gasteiger partial charge in [-0.3, -0.25) is 9.59 Å². The smallest absolute Gasteiger partial charge is 0.253 e. The normalized spacial score (nSPS) is 30.6. The van der Waals surface area contributed by atoms with Gasteiger partial charge in [0, 0.05) is 47.8 Å². The van der Waals surface area contributed by atoms with Crippen LogP contribution in [0.5, 0.6) is 0 Å². The lowest BCUT2D eigenvalue weighted by atomic mass is 9.65. The molecule has 0 aromatic heterocycles. The van der Waals surface area contributed by atoms with Crippen molar-refractivity contribution in [3.63, 3.8) is 0 Å².